The third-order valence-electron chi connectivity index (χ3n) is 3.51. The number of carbonyl (C=O) groups excluding carboxylic acids is 2. The van der Waals surface area contributed by atoms with Crippen molar-refractivity contribution < 1.29 is 14.3 Å². The third kappa shape index (κ3) is 2.23. The highest BCUT2D eigenvalue weighted by Gasteiger charge is 2.22. The average Bonchev–Trinajstić information content (AvgIpc) is 2.97. The molecule has 1 aromatic heterocycles. The van der Waals surface area contributed by atoms with E-state index in [9.17, 15) is 9.59 Å². The van der Waals surface area contributed by atoms with Crippen LogP contribution >= 0.6 is 0 Å². The SMILES string of the molecule is COC(=O)N1C=C[C@@H](n2ccc3ccccc32)C(C=O)=C1. The second-order valence-corrected chi connectivity index (χ2v) is 4.69. The van der Waals surface area contributed by atoms with E-state index in [2.05, 4.69) is 4.74 Å². The molecular weight excluding hydrogens is 268 g/mol. The van der Waals surface area contributed by atoms with Crippen molar-refractivity contribution in [1.29, 1.82) is 0 Å². The Morgan fingerprint density at radius 1 is 1.29 bits per heavy atom. The molecule has 2 heterocycles. The molecule has 2 aromatic rings. The zero-order valence-electron chi connectivity index (χ0n) is 11.5. The monoisotopic (exact) mass is 282 g/mol. The molecule has 0 bridgehead atoms. The van der Waals surface area contributed by atoms with Crippen molar-refractivity contribution in [3.8, 4) is 0 Å². The lowest BCUT2D eigenvalue weighted by atomic mass is 10.1. The van der Waals surface area contributed by atoms with E-state index in [4.69, 9.17) is 0 Å². The Balaban J connectivity index is 2.02. The maximum absolute atomic E-state index is 11.5. The van der Waals surface area contributed by atoms with Crippen molar-refractivity contribution in [3.05, 3.63) is 60.6 Å². The number of carbonyl (C=O) groups is 2. The summed E-state index contributed by atoms with van der Waals surface area (Å²) in [5, 5.41) is 1.10. The molecule has 1 aliphatic heterocycles. The topological polar surface area (TPSA) is 51.5 Å². The minimum atomic E-state index is -0.526. The summed E-state index contributed by atoms with van der Waals surface area (Å²) in [5.74, 6) is 0. The lowest BCUT2D eigenvalue weighted by Gasteiger charge is -2.24. The van der Waals surface area contributed by atoms with Crippen molar-refractivity contribution in [2.45, 2.75) is 6.04 Å². The van der Waals surface area contributed by atoms with Gasteiger partial charge in [-0.15, -0.1) is 0 Å². The van der Waals surface area contributed by atoms with Crippen LogP contribution in [-0.2, 0) is 9.53 Å². The maximum atomic E-state index is 11.5. The number of amides is 1. The molecule has 0 unspecified atom stereocenters. The van der Waals surface area contributed by atoms with Gasteiger partial charge in [-0.05, 0) is 23.6 Å². The van der Waals surface area contributed by atoms with Gasteiger partial charge in [-0.25, -0.2) is 4.79 Å². The zero-order valence-corrected chi connectivity index (χ0v) is 11.5. The molecule has 0 spiro atoms. The van der Waals surface area contributed by atoms with E-state index in [0.29, 0.717) is 5.57 Å². The smallest absolute Gasteiger partial charge is 0.417 e. The van der Waals surface area contributed by atoms with Crippen LogP contribution in [0.2, 0.25) is 0 Å². The Labute approximate surface area is 121 Å². The van der Waals surface area contributed by atoms with Gasteiger partial charge in [0.1, 0.15) is 6.29 Å². The van der Waals surface area contributed by atoms with Gasteiger partial charge >= 0.3 is 6.09 Å². The maximum Gasteiger partial charge on any atom is 0.417 e. The number of hydrogen-bond acceptors (Lipinski definition) is 3. The summed E-state index contributed by atoms with van der Waals surface area (Å²) in [5.41, 5.74) is 1.52. The summed E-state index contributed by atoms with van der Waals surface area (Å²) in [6, 6.07) is 9.71. The molecular formula is C16H14N2O3. The molecule has 0 N–H and O–H groups in total. The molecule has 1 amide bonds. The fourth-order valence-electron chi connectivity index (χ4n) is 2.48. The van der Waals surface area contributed by atoms with Crippen molar-refractivity contribution >= 4 is 23.3 Å². The number of benzene rings is 1. The molecule has 1 aliphatic rings. The molecule has 1 atom stereocenters. The predicted molar refractivity (Wildman–Crippen MR) is 78.5 cm³/mol. The van der Waals surface area contributed by atoms with E-state index in [-0.39, 0.29) is 6.04 Å². The number of hydrogen-bond donors (Lipinski definition) is 0. The summed E-state index contributed by atoms with van der Waals surface area (Å²) in [6.45, 7) is 0. The van der Waals surface area contributed by atoms with E-state index in [1.807, 2.05) is 41.1 Å². The second kappa shape index (κ2) is 5.28. The van der Waals surface area contributed by atoms with Crippen LogP contribution in [0.15, 0.2) is 60.6 Å². The Bertz CT molecular complexity index is 758. The zero-order chi connectivity index (χ0) is 14.8. The number of aromatic nitrogens is 1. The number of ether oxygens (including phenoxy) is 1. The Kier molecular flexibility index (Phi) is 3.31. The molecule has 5 nitrogen and oxygen atoms in total. The van der Waals surface area contributed by atoms with E-state index >= 15 is 0 Å². The Hall–Kier alpha value is -2.82. The van der Waals surface area contributed by atoms with Gasteiger partial charge in [0.25, 0.3) is 0 Å². The van der Waals surface area contributed by atoms with Crippen LogP contribution in [0.4, 0.5) is 4.79 Å². The van der Waals surface area contributed by atoms with Crippen molar-refractivity contribution in [3.63, 3.8) is 0 Å². The van der Waals surface area contributed by atoms with E-state index in [0.717, 1.165) is 17.2 Å². The summed E-state index contributed by atoms with van der Waals surface area (Å²) in [6.07, 6.45) is 7.08. The van der Waals surface area contributed by atoms with E-state index in [1.54, 1.807) is 12.3 Å². The largest absolute Gasteiger partial charge is 0.452 e. The van der Waals surface area contributed by atoms with Gasteiger partial charge < -0.3 is 9.30 Å². The standard InChI is InChI=1S/C16H14N2O3/c1-21-16(20)17-8-7-15(13(10-17)11-19)18-9-6-12-4-2-3-5-14(12)18/h2-11,15H,1H3/t15-/m1/s1. The van der Waals surface area contributed by atoms with E-state index in [1.165, 1.54) is 18.2 Å². The van der Waals surface area contributed by atoms with Crippen molar-refractivity contribution in [2.75, 3.05) is 7.11 Å². The minimum Gasteiger partial charge on any atom is -0.452 e. The van der Waals surface area contributed by atoms with Crippen LogP contribution in [0.5, 0.6) is 0 Å². The van der Waals surface area contributed by atoms with Crippen LogP contribution in [0.25, 0.3) is 10.9 Å². The molecule has 21 heavy (non-hydrogen) atoms. The molecule has 5 heteroatoms. The number of para-hydroxylation sites is 1. The fourth-order valence-corrected chi connectivity index (χ4v) is 2.48. The van der Waals surface area contributed by atoms with E-state index < -0.39 is 6.09 Å². The van der Waals surface area contributed by atoms with Gasteiger partial charge in [-0.2, -0.15) is 0 Å². The average molecular weight is 282 g/mol. The molecule has 0 radical (unpaired) electrons. The molecule has 1 aromatic carbocycles. The first kappa shape index (κ1) is 13.2. The van der Waals surface area contributed by atoms with Gasteiger partial charge in [-0.3, -0.25) is 9.69 Å². The molecule has 0 aliphatic carbocycles. The number of fused-ring (bicyclic) bond motifs is 1. The highest BCUT2D eigenvalue weighted by atomic mass is 16.5. The first-order valence-electron chi connectivity index (χ1n) is 6.51. The second-order valence-electron chi connectivity index (χ2n) is 4.69. The van der Waals surface area contributed by atoms with Crippen LogP contribution in [0, 0.1) is 0 Å². The summed E-state index contributed by atoms with van der Waals surface area (Å²) < 4.78 is 6.65. The number of aldehydes is 1. The van der Waals surface area contributed by atoms with Gasteiger partial charge in [0.15, 0.2) is 0 Å². The number of methoxy groups -OCH3 is 1. The van der Waals surface area contributed by atoms with Crippen LogP contribution in [0.1, 0.15) is 6.04 Å². The van der Waals surface area contributed by atoms with Gasteiger partial charge in [0.05, 0.1) is 13.2 Å². The quantitative estimate of drug-likeness (QED) is 0.796. The highest BCUT2D eigenvalue weighted by molar-refractivity contribution is 5.83. The van der Waals surface area contributed by atoms with Crippen LogP contribution < -0.4 is 0 Å². The van der Waals surface area contributed by atoms with Crippen molar-refractivity contribution in [2.24, 2.45) is 0 Å². The fraction of sp³-hybridized carbons (Fsp3) is 0.125. The third-order valence-corrected chi connectivity index (χ3v) is 3.51. The highest BCUT2D eigenvalue weighted by Crippen LogP contribution is 2.28. The first-order valence-corrected chi connectivity index (χ1v) is 6.51. The lowest BCUT2D eigenvalue weighted by molar-refractivity contribution is -0.105. The molecule has 0 fully saturated rings. The van der Waals surface area contributed by atoms with Crippen LogP contribution in [0.3, 0.4) is 0 Å². The normalized spacial score (nSPS) is 17.7. The lowest BCUT2D eigenvalue weighted by Crippen LogP contribution is -2.25. The van der Waals surface area contributed by atoms with Gasteiger partial charge in [0.2, 0.25) is 0 Å². The number of nitrogens with zero attached hydrogens (tertiary/aromatic N) is 2. The molecule has 3 rings (SSSR count). The molecule has 106 valence electrons. The number of rotatable bonds is 2. The van der Waals surface area contributed by atoms with Crippen LogP contribution in [-0.4, -0.2) is 29.0 Å². The summed E-state index contributed by atoms with van der Waals surface area (Å²) in [4.78, 5) is 24.1. The Morgan fingerprint density at radius 2 is 2.10 bits per heavy atom. The van der Waals surface area contributed by atoms with Gasteiger partial charge in [-0.1, -0.05) is 18.2 Å². The molecule has 0 saturated heterocycles. The number of allylic oxidation sites excluding steroid dienone is 2. The summed E-state index contributed by atoms with van der Waals surface area (Å²) >= 11 is 0. The minimum absolute atomic E-state index is 0.233. The van der Waals surface area contributed by atoms with Crippen molar-refractivity contribution in [1.82, 2.24) is 9.47 Å². The van der Waals surface area contributed by atoms with Gasteiger partial charge in [0, 0.05) is 29.7 Å². The molecule has 0 saturated carbocycles. The predicted octanol–water partition coefficient (Wildman–Crippen LogP) is 2.86. The summed E-state index contributed by atoms with van der Waals surface area (Å²) in [7, 11) is 1.30. The Morgan fingerprint density at radius 3 is 2.86 bits per heavy atom. The first-order chi connectivity index (χ1) is 10.2.